The number of fused-ring (bicyclic) bond motifs is 1. The van der Waals surface area contributed by atoms with E-state index in [1.165, 1.54) is 0 Å². The predicted molar refractivity (Wildman–Crippen MR) is 119 cm³/mol. The Balaban J connectivity index is 1.37. The van der Waals surface area contributed by atoms with Crippen LogP contribution in [-0.2, 0) is 4.74 Å². The van der Waals surface area contributed by atoms with Crippen LogP contribution in [0.3, 0.4) is 0 Å². The van der Waals surface area contributed by atoms with Gasteiger partial charge in [0.05, 0.1) is 13.3 Å². The number of aromatic nitrogens is 2. The van der Waals surface area contributed by atoms with Crippen LogP contribution in [-0.4, -0.2) is 52.5 Å². The van der Waals surface area contributed by atoms with Gasteiger partial charge in [0.25, 0.3) is 0 Å². The lowest BCUT2D eigenvalue weighted by Gasteiger charge is -2.33. The van der Waals surface area contributed by atoms with Gasteiger partial charge in [0.2, 0.25) is 0 Å². The Morgan fingerprint density at radius 3 is 2.42 bits per heavy atom. The molecule has 7 heteroatoms. The second-order valence-corrected chi connectivity index (χ2v) is 8.77. The largest absolute Gasteiger partial charge is 0.494 e. The minimum Gasteiger partial charge on any atom is -0.494 e. The highest BCUT2D eigenvalue weighted by Crippen LogP contribution is 2.29. The fourth-order valence-corrected chi connectivity index (χ4v) is 3.72. The van der Waals surface area contributed by atoms with Crippen molar-refractivity contribution in [2.45, 2.75) is 45.3 Å². The molecule has 1 saturated heterocycles. The second-order valence-electron chi connectivity index (χ2n) is 8.77. The number of amides is 1. The number of nitrogens with zero attached hydrogens (tertiary/aromatic N) is 3. The van der Waals surface area contributed by atoms with Gasteiger partial charge in [-0.15, -0.1) is 0 Å². The summed E-state index contributed by atoms with van der Waals surface area (Å²) in [5.74, 6) is 1.61. The quantitative estimate of drug-likeness (QED) is 0.604. The molecule has 4 rings (SSSR count). The Kier molecular flexibility index (Phi) is 5.76. The summed E-state index contributed by atoms with van der Waals surface area (Å²) >= 11 is 0. The molecule has 1 aliphatic heterocycles. The van der Waals surface area contributed by atoms with Crippen LogP contribution in [0.4, 0.5) is 4.79 Å². The van der Waals surface area contributed by atoms with Crippen LogP contribution in [0.5, 0.6) is 11.5 Å². The van der Waals surface area contributed by atoms with Crippen LogP contribution >= 0.6 is 0 Å². The van der Waals surface area contributed by atoms with Crippen molar-refractivity contribution in [2.24, 2.45) is 0 Å². The second kappa shape index (κ2) is 8.49. The van der Waals surface area contributed by atoms with Crippen molar-refractivity contribution in [2.75, 3.05) is 20.2 Å². The van der Waals surface area contributed by atoms with Gasteiger partial charge < -0.3 is 19.1 Å². The van der Waals surface area contributed by atoms with Crippen LogP contribution in [0.25, 0.3) is 16.6 Å². The average molecular weight is 424 g/mol. The maximum Gasteiger partial charge on any atom is 0.410 e. The van der Waals surface area contributed by atoms with Gasteiger partial charge in [0.15, 0.2) is 0 Å². The Hall–Kier alpha value is -3.22. The third kappa shape index (κ3) is 4.93. The number of carbonyl (C=O) groups is 1. The molecule has 31 heavy (non-hydrogen) atoms. The molecule has 0 atom stereocenters. The van der Waals surface area contributed by atoms with Gasteiger partial charge in [-0.1, -0.05) is 12.1 Å². The van der Waals surface area contributed by atoms with E-state index in [4.69, 9.17) is 14.2 Å². The average Bonchev–Trinajstić information content (AvgIpc) is 3.21. The number of rotatable bonds is 4. The normalized spacial score (nSPS) is 15.2. The van der Waals surface area contributed by atoms with Crippen LogP contribution < -0.4 is 9.47 Å². The molecule has 2 aromatic heterocycles. The number of hydrogen-bond acceptors (Lipinski definition) is 5. The highest BCUT2D eigenvalue weighted by molar-refractivity contribution is 5.71. The van der Waals surface area contributed by atoms with E-state index >= 15 is 0 Å². The Bertz CT molecular complexity index is 1040. The van der Waals surface area contributed by atoms with E-state index in [0.717, 1.165) is 41.0 Å². The fourth-order valence-electron chi connectivity index (χ4n) is 3.72. The first-order chi connectivity index (χ1) is 14.8. The van der Waals surface area contributed by atoms with Crippen molar-refractivity contribution in [1.29, 1.82) is 0 Å². The lowest BCUT2D eigenvalue weighted by Crippen LogP contribution is -2.44. The van der Waals surface area contributed by atoms with Gasteiger partial charge in [-0.05, 0) is 50.6 Å². The van der Waals surface area contributed by atoms with Crippen LogP contribution in [0.2, 0.25) is 0 Å². The summed E-state index contributed by atoms with van der Waals surface area (Å²) in [5, 5.41) is 4.32. The van der Waals surface area contributed by atoms with Gasteiger partial charge in [0, 0.05) is 37.7 Å². The fraction of sp³-hybridized carbons (Fsp3) is 0.417. The number of likely N-dealkylation sites (tertiary alicyclic amines) is 1. The summed E-state index contributed by atoms with van der Waals surface area (Å²) in [4.78, 5) is 14.0. The molecule has 3 aromatic rings. The van der Waals surface area contributed by atoms with Crippen molar-refractivity contribution in [1.82, 2.24) is 14.5 Å². The first kappa shape index (κ1) is 21.0. The minimum atomic E-state index is -0.474. The zero-order chi connectivity index (χ0) is 22.0. The summed E-state index contributed by atoms with van der Waals surface area (Å²) in [6.45, 7) is 6.93. The smallest absolute Gasteiger partial charge is 0.410 e. The third-order valence-corrected chi connectivity index (χ3v) is 5.27. The van der Waals surface area contributed by atoms with Crippen molar-refractivity contribution in [3.05, 3.63) is 48.8 Å². The molecule has 1 fully saturated rings. The number of ether oxygens (including phenoxy) is 3. The lowest BCUT2D eigenvalue weighted by atomic mass is 10.1. The van der Waals surface area contributed by atoms with Crippen LogP contribution in [0.1, 0.15) is 33.6 Å². The number of carbonyl (C=O) groups excluding carboxylic acids is 1. The number of benzene rings is 1. The summed E-state index contributed by atoms with van der Waals surface area (Å²) in [7, 11) is 1.66. The van der Waals surface area contributed by atoms with E-state index < -0.39 is 5.60 Å². The SMILES string of the molecule is COc1cc(-c2ccc(OC3CCN(C(=O)OC(C)(C)C)CC3)cc2)cn2nccc12. The van der Waals surface area contributed by atoms with Crippen molar-refractivity contribution in [3.63, 3.8) is 0 Å². The molecule has 0 aliphatic carbocycles. The summed E-state index contributed by atoms with van der Waals surface area (Å²) in [6.07, 6.45) is 5.15. The van der Waals surface area contributed by atoms with Crippen molar-refractivity contribution in [3.8, 4) is 22.6 Å². The predicted octanol–water partition coefficient (Wildman–Crippen LogP) is 4.79. The molecule has 1 aromatic carbocycles. The Morgan fingerprint density at radius 2 is 1.77 bits per heavy atom. The number of methoxy groups -OCH3 is 1. The molecule has 0 bridgehead atoms. The molecular formula is C24H29N3O4. The zero-order valence-corrected chi connectivity index (χ0v) is 18.5. The molecule has 3 heterocycles. The first-order valence-electron chi connectivity index (χ1n) is 10.6. The summed E-state index contributed by atoms with van der Waals surface area (Å²) < 4.78 is 18.9. The Morgan fingerprint density at radius 1 is 1.06 bits per heavy atom. The van der Waals surface area contributed by atoms with E-state index in [-0.39, 0.29) is 12.2 Å². The van der Waals surface area contributed by atoms with E-state index in [0.29, 0.717) is 13.1 Å². The van der Waals surface area contributed by atoms with Gasteiger partial charge >= 0.3 is 6.09 Å². The number of pyridine rings is 1. The highest BCUT2D eigenvalue weighted by atomic mass is 16.6. The zero-order valence-electron chi connectivity index (χ0n) is 18.5. The molecule has 0 radical (unpaired) electrons. The molecule has 7 nitrogen and oxygen atoms in total. The van der Waals surface area contributed by atoms with Crippen molar-refractivity contribution < 1.29 is 19.0 Å². The minimum absolute atomic E-state index is 0.0880. The molecule has 0 spiro atoms. The summed E-state index contributed by atoms with van der Waals surface area (Å²) in [5.41, 5.74) is 2.54. The van der Waals surface area contributed by atoms with Crippen LogP contribution in [0, 0.1) is 0 Å². The molecule has 164 valence electrons. The van der Waals surface area contributed by atoms with Gasteiger partial charge in [-0.25, -0.2) is 9.31 Å². The molecule has 1 amide bonds. The van der Waals surface area contributed by atoms with Gasteiger partial charge in [-0.3, -0.25) is 0 Å². The number of piperidine rings is 1. The van der Waals surface area contributed by atoms with E-state index in [9.17, 15) is 4.79 Å². The highest BCUT2D eigenvalue weighted by Gasteiger charge is 2.27. The van der Waals surface area contributed by atoms with Crippen molar-refractivity contribution >= 4 is 11.6 Å². The Labute approximate surface area is 182 Å². The van der Waals surface area contributed by atoms with E-state index in [2.05, 4.69) is 5.10 Å². The first-order valence-corrected chi connectivity index (χ1v) is 10.6. The van der Waals surface area contributed by atoms with Crippen LogP contribution in [0.15, 0.2) is 48.8 Å². The molecule has 0 unspecified atom stereocenters. The summed E-state index contributed by atoms with van der Waals surface area (Å²) in [6, 6.07) is 12.0. The standard InChI is InChI=1S/C24H29N3O4/c1-24(2,3)31-23(28)26-13-10-20(11-14-26)30-19-7-5-17(6-8-19)18-15-22(29-4)21-9-12-25-27(21)16-18/h5-9,12,15-16,20H,10-11,13-14H2,1-4H3. The van der Waals surface area contributed by atoms with E-state index in [1.807, 2.05) is 67.9 Å². The maximum atomic E-state index is 12.2. The van der Waals surface area contributed by atoms with E-state index in [1.54, 1.807) is 18.2 Å². The molecular weight excluding hydrogens is 394 g/mol. The molecule has 1 aliphatic rings. The molecule has 0 N–H and O–H groups in total. The maximum absolute atomic E-state index is 12.2. The topological polar surface area (TPSA) is 65.3 Å². The lowest BCUT2D eigenvalue weighted by molar-refractivity contribution is 0.0126. The monoisotopic (exact) mass is 423 g/mol. The number of hydrogen-bond donors (Lipinski definition) is 0. The third-order valence-electron chi connectivity index (χ3n) is 5.27. The van der Waals surface area contributed by atoms with Gasteiger partial charge in [0.1, 0.15) is 28.7 Å². The van der Waals surface area contributed by atoms with Gasteiger partial charge in [-0.2, -0.15) is 5.10 Å². The molecule has 0 saturated carbocycles.